The van der Waals surface area contributed by atoms with Crippen LogP contribution >= 0.6 is 0 Å². The van der Waals surface area contributed by atoms with Gasteiger partial charge in [-0.15, -0.1) is 0 Å². The van der Waals surface area contributed by atoms with Gasteiger partial charge in [-0.3, -0.25) is 0 Å². The number of benzene rings is 1. The molecule has 1 aromatic rings. The lowest BCUT2D eigenvalue weighted by molar-refractivity contribution is 0.338. The number of rotatable bonds is 6. The third-order valence-corrected chi connectivity index (χ3v) is 2.69. The van der Waals surface area contributed by atoms with Gasteiger partial charge in [0.25, 0.3) is 0 Å². The van der Waals surface area contributed by atoms with Crippen LogP contribution in [-0.2, 0) is 0 Å². The summed E-state index contributed by atoms with van der Waals surface area (Å²) in [7, 11) is 1.71. The van der Waals surface area contributed by atoms with Crippen molar-refractivity contribution in [1.29, 1.82) is 0 Å². The molecule has 0 aromatic heterocycles. The van der Waals surface area contributed by atoms with Crippen LogP contribution in [-0.4, -0.2) is 31.6 Å². The summed E-state index contributed by atoms with van der Waals surface area (Å²) >= 11 is 0. The molecule has 0 radical (unpaired) electrons. The maximum Gasteiger partial charge on any atom is 0.126 e. The highest BCUT2D eigenvalue weighted by Gasteiger charge is 1.97. The number of methoxy groups -OCH3 is 1. The fraction of sp³-hybridized carbons (Fsp3) is 0.429. The second-order valence-electron chi connectivity index (χ2n) is 3.63. The van der Waals surface area contributed by atoms with Gasteiger partial charge in [0.2, 0.25) is 0 Å². The Kier molecular flexibility index (Phi) is 5.65. The van der Waals surface area contributed by atoms with Crippen LogP contribution in [0.5, 0.6) is 5.75 Å². The fourth-order valence-electron chi connectivity index (χ4n) is 1.61. The molecule has 2 heteroatoms. The molecule has 0 N–H and O–H groups in total. The van der Waals surface area contributed by atoms with E-state index in [0.29, 0.717) is 0 Å². The second-order valence-corrected chi connectivity index (χ2v) is 3.63. The van der Waals surface area contributed by atoms with E-state index in [0.717, 1.165) is 30.9 Å². The molecule has 0 bridgehead atoms. The molecule has 0 unspecified atom stereocenters. The van der Waals surface area contributed by atoms with Crippen LogP contribution in [0, 0.1) is 0 Å². The Morgan fingerprint density at radius 1 is 1.19 bits per heavy atom. The smallest absolute Gasteiger partial charge is 0.126 e. The maximum atomic E-state index is 5.29. The van der Waals surface area contributed by atoms with Crippen molar-refractivity contribution in [1.82, 2.24) is 4.90 Å². The van der Waals surface area contributed by atoms with Crippen molar-refractivity contribution < 1.29 is 4.74 Å². The van der Waals surface area contributed by atoms with Crippen LogP contribution in [0.15, 0.2) is 30.3 Å². The Morgan fingerprint density at radius 2 is 1.88 bits per heavy atom. The Labute approximate surface area is 98.5 Å². The Balaban J connectivity index is 2.61. The number of hydrogen-bond acceptors (Lipinski definition) is 2. The number of para-hydroxylation sites is 1. The van der Waals surface area contributed by atoms with Crippen LogP contribution in [0.2, 0.25) is 0 Å². The second kappa shape index (κ2) is 7.07. The molecule has 0 spiro atoms. The average molecular weight is 219 g/mol. The molecular weight excluding hydrogens is 198 g/mol. The lowest BCUT2D eigenvalue weighted by Crippen LogP contribution is -2.22. The van der Waals surface area contributed by atoms with E-state index in [-0.39, 0.29) is 0 Å². The average Bonchev–Trinajstić information content (AvgIpc) is 2.35. The zero-order valence-corrected chi connectivity index (χ0v) is 10.4. The van der Waals surface area contributed by atoms with Crippen molar-refractivity contribution in [3.05, 3.63) is 35.9 Å². The van der Waals surface area contributed by atoms with Gasteiger partial charge < -0.3 is 9.64 Å². The van der Waals surface area contributed by atoms with Crippen LogP contribution < -0.4 is 4.74 Å². The SMILES string of the molecule is CCN(CC)C/C=C/c1ccccc1OC. The third kappa shape index (κ3) is 3.70. The molecule has 16 heavy (non-hydrogen) atoms. The minimum atomic E-state index is 0.929. The van der Waals surface area contributed by atoms with Crippen molar-refractivity contribution in [2.24, 2.45) is 0 Å². The summed E-state index contributed by atoms with van der Waals surface area (Å²) in [6.45, 7) is 7.53. The fourth-order valence-corrected chi connectivity index (χ4v) is 1.61. The molecule has 2 nitrogen and oxygen atoms in total. The molecule has 0 heterocycles. The highest BCUT2D eigenvalue weighted by Crippen LogP contribution is 2.18. The molecule has 0 saturated heterocycles. The summed E-state index contributed by atoms with van der Waals surface area (Å²) in [6, 6.07) is 8.06. The molecule has 0 fully saturated rings. The predicted molar refractivity (Wildman–Crippen MR) is 69.8 cm³/mol. The maximum absolute atomic E-state index is 5.29. The highest BCUT2D eigenvalue weighted by molar-refractivity contribution is 5.57. The van der Waals surface area contributed by atoms with Crippen molar-refractivity contribution in [2.75, 3.05) is 26.7 Å². The third-order valence-electron chi connectivity index (χ3n) is 2.69. The number of ether oxygens (including phenoxy) is 1. The molecule has 0 aliphatic rings. The predicted octanol–water partition coefficient (Wildman–Crippen LogP) is 3.05. The van der Waals surface area contributed by atoms with E-state index in [1.807, 2.05) is 18.2 Å². The summed E-state index contributed by atoms with van der Waals surface area (Å²) in [5.74, 6) is 0.929. The number of likely N-dealkylation sites (N-methyl/N-ethyl adjacent to an activating group) is 1. The summed E-state index contributed by atoms with van der Waals surface area (Å²) in [6.07, 6.45) is 4.31. The molecule has 0 amide bonds. The zero-order valence-electron chi connectivity index (χ0n) is 10.4. The van der Waals surface area contributed by atoms with Gasteiger partial charge in [-0.1, -0.05) is 44.2 Å². The molecule has 0 atom stereocenters. The summed E-state index contributed by atoms with van der Waals surface area (Å²) in [5, 5.41) is 0. The van der Waals surface area contributed by atoms with E-state index in [4.69, 9.17) is 4.74 Å². The standard InChI is InChI=1S/C14H21NO/c1-4-15(5-2)12-8-10-13-9-6-7-11-14(13)16-3/h6-11H,4-5,12H2,1-3H3/b10-8+. The van der Waals surface area contributed by atoms with E-state index in [1.54, 1.807) is 7.11 Å². The van der Waals surface area contributed by atoms with E-state index in [2.05, 4.69) is 37.0 Å². The lowest BCUT2D eigenvalue weighted by atomic mass is 10.2. The first kappa shape index (κ1) is 12.8. The summed E-state index contributed by atoms with van der Waals surface area (Å²) in [5.41, 5.74) is 1.14. The molecule has 0 aliphatic carbocycles. The minimum Gasteiger partial charge on any atom is -0.496 e. The molecular formula is C14H21NO. The van der Waals surface area contributed by atoms with Gasteiger partial charge in [0.1, 0.15) is 5.75 Å². The van der Waals surface area contributed by atoms with Crippen molar-refractivity contribution in [2.45, 2.75) is 13.8 Å². The monoisotopic (exact) mass is 219 g/mol. The molecule has 0 saturated carbocycles. The first-order valence-corrected chi connectivity index (χ1v) is 5.83. The summed E-state index contributed by atoms with van der Waals surface area (Å²) < 4.78 is 5.29. The van der Waals surface area contributed by atoms with Gasteiger partial charge in [0.05, 0.1) is 7.11 Å². The van der Waals surface area contributed by atoms with Gasteiger partial charge in [0, 0.05) is 12.1 Å². The van der Waals surface area contributed by atoms with E-state index in [9.17, 15) is 0 Å². The van der Waals surface area contributed by atoms with Crippen LogP contribution in [0.3, 0.4) is 0 Å². The van der Waals surface area contributed by atoms with Gasteiger partial charge in [-0.05, 0) is 19.2 Å². The van der Waals surface area contributed by atoms with Gasteiger partial charge in [-0.25, -0.2) is 0 Å². The molecule has 0 aliphatic heterocycles. The molecule has 88 valence electrons. The van der Waals surface area contributed by atoms with Crippen LogP contribution in [0.25, 0.3) is 6.08 Å². The van der Waals surface area contributed by atoms with Crippen molar-refractivity contribution in [3.63, 3.8) is 0 Å². The topological polar surface area (TPSA) is 12.5 Å². The largest absolute Gasteiger partial charge is 0.496 e. The van der Waals surface area contributed by atoms with Crippen molar-refractivity contribution in [3.8, 4) is 5.75 Å². The van der Waals surface area contributed by atoms with E-state index < -0.39 is 0 Å². The lowest BCUT2D eigenvalue weighted by Gasteiger charge is -2.14. The Hall–Kier alpha value is -1.28. The van der Waals surface area contributed by atoms with Gasteiger partial charge >= 0.3 is 0 Å². The van der Waals surface area contributed by atoms with Crippen LogP contribution in [0.4, 0.5) is 0 Å². The summed E-state index contributed by atoms with van der Waals surface area (Å²) in [4.78, 5) is 2.37. The van der Waals surface area contributed by atoms with Crippen LogP contribution in [0.1, 0.15) is 19.4 Å². The van der Waals surface area contributed by atoms with Gasteiger partial charge in [0.15, 0.2) is 0 Å². The molecule has 1 aromatic carbocycles. The van der Waals surface area contributed by atoms with E-state index >= 15 is 0 Å². The minimum absolute atomic E-state index is 0.929. The Bertz CT molecular complexity index is 329. The Morgan fingerprint density at radius 3 is 2.50 bits per heavy atom. The first-order chi connectivity index (χ1) is 7.81. The van der Waals surface area contributed by atoms with E-state index in [1.165, 1.54) is 0 Å². The normalized spacial score (nSPS) is 11.2. The zero-order chi connectivity index (χ0) is 11.8. The first-order valence-electron chi connectivity index (χ1n) is 5.83. The highest BCUT2D eigenvalue weighted by atomic mass is 16.5. The number of nitrogens with zero attached hydrogens (tertiary/aromatic N) is 1. The van der Waals surface area contributed by atoms with Crippen molar-refractivity contribution >= 4 is 6.08 Å². The van der Waals surface area contributed by atoms with Gasteiger partial charge in [-0.2, -0.15) is 0 Å². The molecule has 1 rings (SSSR count). The quantitative estimate of drug-likeness (QED) is 0.729. The number of hydrogen-bond donors (Lipinski definition) is 0.